The fraction of sp³-hybridized carbons (Fsp3) is 0.778. The molecule has 1 unspecified atom stereocenters. The van der Waals surface area contributed by atoms with Crippen LogP contribution in [-0.2, 0) is 12.8 Å². The second-order valence-electron chi connectivity index (χ2n) is 3.48. The van der Waals surface area contributed by atoms with Gasteiger partial charge in [-0.1, -0.05) is 5.16 Å². The maximum Gasteiger partial charge on any atom is 0.227 e. The Hall–Kier alpha value is -0.550. The Bertz CT molecular complexity index is 283. The van der Waals surface area contributed by atoms with E-state index in [0.29, 0.717) is 24.1 Å². The Balaban J connectivity index is 1.88. The molecule has 1 aliphatic heterocycles. The zero-order chi connectivity index (χ0) is 9.80. The average Bonchev–Trinajstić information content (AvgIpc) is 2.79. The van der Waals surface area contributed by atoms with E-state index >= 15 is 0 Å². The van der Waals surface area contributed by atoms with E-state index in [2.05, 4.69) is 10.1 Å². The van der Waals surface area contributed by atoms with E-state index in [0.717, 1.165) is 12.2 Å². The lowest BCUT2D eigenvalue weighted by atomic mass is 10.2. The molecule has 1 atom stereocenters. The number of hydrogen-bond acceptors (Lipinski definition) is 5. The maximum atomic E-state index is 5.40. The molecule has 0 saturated carbocycles. The van der Waals surface area contributed by atoms with Crippen LogP contribution < -0.4 is 5.73 Å². The van der Waals surface area contributed by atoms with Crippen LogP contribution in [0, 0.1) is 0 Å². The van der Waals surface area contributed by atoms with E-state index in [9.17, 15) is 0 Å². The molecule has 1 saturated heterocycles. The van der Waals surface area contributed by atoms with E-state index in [-0.39, 0.29) is 0 Å². The van der Waals surface area contributed by atoms with E-state index in [1.165, 1.54) is 18.6 Å². The quantitative estimate of drug-likeness (QED) is 0.808. The van der Waals surface area contributed by atoms with Crippen LogP contribution in [0.25, 0.3) is 0 Å². The summed E-state index contributed by atoms with van der Waals surface area (Å²) in [5.41, 5.74) is 5.40. The first kappa shape index (κ1) is 9.98. The molecule has 0 aliphatic carbocycles. The van der Waals surface area contributed by atoms with E-state index < -0.39 is 0 Å². The smallest absolute Gasteiger partial charge is 0.227 e. The van der Waals surface area contributed by atoms with Crippen LogP contribution in [0.5, 0.6) is 0 Å². The van der Waals surface area contributed by atoms with Gasteiger partial charge in [-0.3, -0.25) is 0 Å². The summed E-state index contributed by atoms with van der Waals surface area (Å²) in [5.74, 6) is 2.79. The molecular formula is C9H15N3OS. The van der Waals surface area contributed by atoms with Gasteiger partial charge in [-0.15, -0.1) is 0 Å². The first-order valence-corrected chi connectivity index (χ1v) is 6.06. The van der Waals surface area contributed by atoms with Gasteiger partial charge >= 0.3 is 0 Å². The van der Waals surface area contributed by atoms with Crippen LogP contribution in [0.3, 0.4) is 0 Å². The number of aromatic nitrogens is 2. The van der Waals surface area contributed by atoms with Gasteiger partial charge in [-0.25, -0.2) is 0 Å². The van der Waals surface area contributed by atoms with Crippen molar-refractivity contribution >= 4 is 11.8 Å². The highest BCUT2D eigenvalue weighted by atomic mass is 32.2. The van der Waals surface area contributed by atoms with Crippen molar-refractivity contribution < 1.29 is 4.52 Å². The predicted octanol–water partition coefficient (Wildman–Crippen LogP) is 1.01. The number of hydrogen-bond donors (Lipinski definition) is 1. The monoisotopic (exact) mass is 213 g/mol. The molecule has 2 heterocycles. The van der Waals surface area contributed by atoms with Gasteiger partial charge in [0.1, 0.15) is 0 Å². The lowest BCUT2D eigenvalue weighted by Gasteiger charge is -2.02. The first-order valence-electron chi connectivity index (χ1n) is 5.01. The molecule has 2 rings (SSSR count). The van der Waals surface area contributed by atoms with Gasteiger partial charge in [0.15, 0.2) is 5.82 Å². The number of nitrogens with two attached hydrogens (primary N) is 1. The van der Waals surface area contributed by atoms with E-state index in [4.69, 9.17) is 10.3 Å². The predicted molar refractivity (Wildman–Crippen MR) is 56.2 cm³/mol. The molecule has 5 heteroatoms. The largest absolute Gasteiger partial charge is 0.339 e. The molecular weight excluding hydrogens is 198 g/mol. The molecule has 0 spiro atoms. The summed E-state index contributed by atoms with van der Waals surface area (Å²) in [6.07, 6.45) is 4.23. The third kappa shape index (κ3) is 2.48. The third-order valence-corrected chi connectivity index (χ3v) is 3.70. The number of rotatable bonds is 4. The maximum absolute atomic E-state index is 5.40. The summed E-state index contributed by atoms with van der Waals surface area (Å²) in [4.78, 5) is 4.29. The van der Waals surface area contributed by atoms with Crippen molar-refractivity contribution in [2.24, 2.45) is 5.73 Å². The zero-order valence-corrected chi connectivity index (χ0v) is 8.92. The molecule has 0 amide bonds. The topological polar surface area (TPSA) is 64.9 Å². The fourth-order valence-electron chi connectivity index (χ4n) is 1.61. The van der Waals surface area contributed by atoms with Crippen LogP contribution in [0.4, 0.5) is 0 Å². The third-order valence-electron chi connectivity index (χ3n) is 2.30. The van der Waals surface area contributed by atoms with Crippen LogP contribution in [0.15, 0.2) is 4.52 Å². The van der Waals surface area contributed by atoms with E-state index in [1.54, 1.807) is 0 Å². The standard InChI is InChI=1S/C9H15N3OS/c10-4-3-9-11-8(12-13-9)6-7-2-1-5-14-7/h7H,1-6,10H2. The molecule has 4 nitrogen and oxygen atoms in total. The van der Waals surface area contributed by atoms with Gasteiger partial charge in [0, 0.05) is 24.6 Å². The lowest BCUT2D eigenvalue weighted by molar-refractivity contribution is 0.374. The molecule has 0 bridgehead atoms. The molecule has 0 radical (unpaired) electrons. The minimum absolute atomic E-state index is 0.569. The van der Waals surface area contributed by atoms with Crippen LogP contribution in [-0.4, -0.2) is 27.7 Å². The minimum atomic E-state index is 0.569. The summed E-state index contributed by atoms with van der Waals surface area (Å²) in [6.45, 7) is 0.569. The van der Waals surface area contributed by atoms with Gasteiger partial charge < -0.3 is 10.3 Å². The number of nitrogens with zero attached hydrogens (tertiary/aromatic N) is 2. The van der Waals surface area contributed by atoms with Crippen molar-refractivity contribution in [3.05, 3.63) is 11.7 Å². The zero-order valence-electron chi connectivity index (χ0n) is 8.11. The highest BCUT2D eigenvalue weighted by molar-refractivity contribution is 8.00. The molecule has 14 heavy (non-hydrogen) atoms. The van der Waals surface area contributed by atoms with Gasteiger partial charge in [-0.05, 0) is 18.6 Å². The summed E-state index contributed by atoms with van der Waals surface area (Å²) in [5, 5.41) is 4.64. The molecule has 1 aliphatic rings. The number of thioether (sulfide) groups is 1. The molecule has 1 aromatic heterocycles. The molecule has 1 fully saturated rings. The van der Waals surface area contributed by atoms with Crippen molar-refractivity contribution in [3.63, 3.8) is 0 Å². The Kier molecular flexibility index (Phi) is 3.42. The second-order valence-corrected chi connectivity index (χ2v) is 4.89. The molecule has 0 aromatic carbocycles. The first-order chi connectivity index (χ1) is 6.88. The molecule has 2 N–H and O–H groups in total. The van der Waals surface area contributed by atoms with Crippen molar-refractivity contribution in [1.82, 2.24) is 10.1 Å². The van der Waals surface area contributed by atoms with Gasteiger partial charge in [0.05, 0.1) is 0 Å². The average molecular weight is 213 g/mol. The van der Waals surface area contributed by atoms with Crippen LogP contribution >= 0.6 is 11.8 Å². The Morgan fingerprint density at radius 2 is 2.50 bits per heavy atom. The van der Waals surface area contributed by atoms with Gasteiger partial charge in [0.25, 0.3) is 0 Å². The Morgan fingerprint density at radius 1 is 1.57 bits per heavy atom. The Labute approximate surface area is 87.6 Å². The highest BCUT2D eigenvalue weighted by Crippen LogP contribution is 2.28. The minimum Gasteiger partial charge on any atom is -0.339 e. The Morgan fingerprint density at radius 3 is 3.21 bits per heavy atom. The molecule has 1 aromatic rings. The normalized spacial score (nSPS) is 21.6. The van der Waals surface area contributed by atoms with Crippen molar-refractivity contribution in [2.45, 2.75) is 30.9 Å². The van der Waals surface area contributed by atoms with Crippen molar-refractivity contribution in [1.29, 1.82) is 0 Å². The second kappa shape index (κ2) is 4.79. The SMILES string of the molecule is NCCc1nc(CC2CCCS2)no1. The van der Waals surface area contributed by atoms with Crippen LogP contribution in [0.1, 0.15) is 24.6 Å². The van der Waals surface area contributed by atoms with Gasteiger partial charge in [0.2, 0.25) is 5.89 Å². The fourth-order valence-corrected chi connectivity index (χ4v) is 2.87. The summed E-state index contributed by atoms with van der Waals surface area (Å²) >= 11 is 2.01. The van der Waals surface area contributed by atoms with E-state index in [1.807, 2.05) is 11.8 Å². The highest BCUT2D eigenvalue weighted by Gasteiger charge is 2.18. The van der Waals surface area contributed by atoms with Crippen molar-refractivity contribution in [2.75, 3.05) is 12.3 Å². The summed E-state index contributed by atoms with van der Waals surface area (Å²) in [6, 6.07) is 0. The van der Waals surface area contributed by atoms with Gasteiger partial charge in [-0.2, -0.15) is 16.7 Å². The summed E-state index contributed by atoms with van der Waals surface area (Å²) in [7, 11) is 0. The summed E-state index contributed by atoms with van der Waals surface area (Å²) < 4.78 is 5.06. The molecule has 78 valence electrons. The van der Waals surface area contributed by atoms with Crippen LogP contribution in [0.2, 0.25) is 0 Å². The lowest BCUT2D eigenvalue weighted by Crippen LogP contribution is -2.05. The van der Waals surface area contributed by atoms with Crippen molar-refractivity contribution in [3.8, 4) is 0 Å².